The first-order chi connectivity index (χ1) is 12.2. The van der Waals surface area contributed by atoms with Gasteiger partial charge in [-0.2, -0.15) is 5.26 Å². The Bertz CT molecular complexity index is 986. The second kappa shape index (κ2) is 6.04. The standard InChI is InChI=1S/C19H14N4OS/c20-10-13-15-12-8-4-5-9-14(12)24-18(22)16(15)19(23-17(13)21)25-11-6-2-1-3-7-11/h1-9,15H,21-22H2. The third kappa shape index (κ3) is 2.55. The molecule has 0 bridgehead atoms. The van der Waals surface area contributed by atoms with Gasteiger partial charge < -0.3 is 16.2 Å². The Morgan fingerprint density at radius 3 is 2.52 bits per heavy atom. The maximum absolute atomic E-state index is 9.62. The summed E-state index contributed by atoms with van der Waals surface area (Å²) >= 11 is 1.45. The minimum Gasteiger partial charge on any atom is -0.441 e. The maximum Gasteiger partial charge on any atom is 0.197 e. The van der Waals surface area contributed by atoms with E-state index in [1.165, 1.54) is 11.8 Å². The molecule has 2 aliphatic rings. The highest BCUT2D eigenvalue weighted by atomic mass is 32.2. The van der Waals surface area contributed by atoms with Gasteiger partial charge in [0.25, 0.3) is 0 Å². The topological polar surface area (TPSA) is 97.4 Å². The van der Waals surface area contributed by atoms with E-state index in [0.29, 0.717) is 21.9 Å². The summed E-state index contributed by atoms with van der Waals surface area (Å²) in [7, 11) is 0. The monoisotopic (exact) mass is 346 g/mol. The Morgan fingerprint density at radius 2 is 1.76 bits per heavy atom. The van der Waals surface area contributed by atoms with E-state index >= 15 is 0 Å². The normalized spacial score (nSPS) is 18.7. The van der Waals surface area contributed by atoms with Crippen LogP contribution in [0.5, 0.6) is 5.75 Å². The van der Waals surface area contributed by atoms with E-state index in [0.717, 1.165) is 10.5 Å². The van der Waals surface area contributed by atoms with Crippen LogP contribution in [0.3, 0.4) is 0 Å². The Kier molecular flexibility index (Phi) is 3.71. The van der Waals surface area contributed by atoms with Crippen LogP contribution in [0.15, 0.2) is 87.3 Å². The number of rotatable bonds is 1. The van der Waals surface area contributed by atoms with Gasteiger partial charge in [-0.25, -0.2) is 4.99 Å². The second-order valence-electron chi connectivity index (χ2n) is 5.59. The number of aliphatic imine (C=N–C) groups is 1. The van der Waals surface area contributed by atoms with Gasteiger partial charge in [-0.15, -0.1) is 0 Å². The van der Waals surface area contributed by atoms with Gasteiger partial charge in [-0.1, -0.05) is 48.2 Å². The molecule has 0 radical (unpaired) electrons. The highest BCUT2D eigenvalue weighted by Gasteiger charge is 2.38. The molecule has 4 rings (SSSR count). The van der Waals surface area contributed by atoms with E-state index in [-0.39, 0.29) is 17.6 Å². The largest absolute Gasteiger partial charge is 0.441 e. The third-order valence-corrected chi connectivity index (χ3v) is 5.11. The molecule has 1 atom stereocenters. The van der Waals surface area contributed by atoms with Gasteiger partial charge in [0.05, 0.1) is 23.1 Å². The fourth-order valence-electron chi connectivity index (χ4n) is 2.99. The first-order valence-corrected chi connectivity index (χ1v) is 8.49. The molecular formula is C19H14N4OS. The number of thioether (sulfide) groups is 1. The van der Waals surface area contributed by atoms with Crippen LogP contribution >= 0.6 is 11.8 Å². The van der Waals surface area contributed by atoms with Crippen LogP contribution in [0.1, 0.15) is 11.5 Å². The molecule has 0 aromatic heterocycles. The lowest BCUT2D eigenvalue weighted by Crippen LogP contribution is -2.29. The molecule has 0 fully saturated rings. The quantitative estimate of drug-likeness (QED) is 0.826. The predicted molar refractivity (Wildman–Crippen MR) is 97.6 cm³/mol. The Hall–Kier alpha value is -3.17. The van der Waals surface area contributed by atoms with E-state index in [9.17, 15) is 5.26 Å². The van der Waals surface area contributed by atoms with Gasteiger partial charge >= 0.3 is 0 Å². The predicted octanol–water partition coefficient (Wildman–Crippen LogP) is 3.23. The van der Waals surface area contributed by atoms with E-state index in [4.69, 9.17) is 16.2 Å². The highest BCUT2D eigenvalue weighted by Crippen LogP contribution is 2.47. The first-order valence-electron chi connectivity index (χ1n) is 7.67. The average Bonchev–Trinajstić information content (AvgIpc) is 2.62. The third-order valence-electron chi connectivity index (χ3n) is 4.10. The number of hydrogen-bond donors (Lipinski definition) is 2. The van der Waals surface area contributed by atoms with Crippen LogP contribution in [0.2, 0.25) is 0 Å². The van der Waals surface area contributed by atoms with Crippen molar-refractivity contribution in [3.05, 3.63) is 83.0 Å². The number of hydrogen-bond acceptors (Lipinski definition) is 6. The molecule has 25 heavy (non-hydrogen) atoms. The smallest absolute Gasteiger partial charge is 0.197 e. The van der Waals surface area contributed by atoms with Gasteiger partial charge in [0.15, 0.2) is 5.88 Å². The van der Waals surface area contributed by atoms with E-state index < -0.39 is 0 Å². The fraction of sp³-hybridized carbons (Fsp3) is 0.0526. The van der Waals surface area contributed by atoms with Gasteiger partial charge in [0, 0.05) is 10.5 Å². The summed E-state index contributed by atoms with van der Waals surface area (Å²) in [6.45, 7) is 0. The summed E-state index contributed by atoms with van der Waals surface area (Å²) < 4.78 is 5.79. The zero-order valence-electron chi connectivity index (χ0n) is 13.1. The number of para-hydroxylation sites is 1. The van der Waals surface area contributed by atoms with Gasteiger partial charge in [0.2, 0.25) is 0 Å². The van der Waals surface area contributed by atoms with Crippen LogP contribution in [-0.4, -0.2) is 5.04 Å². The molecule has 2 aromatic carbocycles. The van der Waals surface area contributed by atoms with Crippen molar-refractivity contribution in [2.24, 2.45) is 16.5 Å². The number of nitrogens with two attached hydrogens (primary N) is 2. The molecule has 4 N–H and O–H groups in total. The van der Waals surface area contributed by atoms with Crippen molar-refractivity contribution in [1.29, 1.82) is 5.26 Å². The fourth-order valence-corrected chi connectivity index (χ4v) is 3.98. The number of nitrogens with zero attached hydrogens (tertiary/aromatic N) is 2. The molecule has 2 heterocycles. The lowest BCUT2D eigenvalue weighted by atomic mass is 9.82. The summed E-state index contributed by atoms with van der Waals surface area (Å²) in [6, 6.07) is 19.5. The molecule has 2 aliphatic heterocycles. The van der Waals surface area contributed by atoms with Crippen LogP contribution < -0.4 is 16.2 Å². The summed E-state index contributed by atoms with van der Waals surface area (Å²) in [5.74, 6) is 0.754. The van der Waals surface area contributed by atoms with Gasteiger partial charge in [0.1, 0.15) is 16.6 Å². The lowest BCUT2D eigenvalue weighted by Gasteiger charge is -2.31. The van der Waals surface area contributed by atoms with Gasteiger partial charge in [-0.05, 0) is 18.2 Å². The van der Waals surface area contributed by atoms with Crippen molar-refractivity contribution in [3.63, 3.8) is 0 Å². The summed E-state index contributed by atoms with van der Waals surface area (Å²) in [6.07, 6.45) is 0. The molecular weight excluding hydrogens is 332 g/mol. The number of benzene rings is 2. The Morgan fingerprint density at radius 1 is 1.04 bits per heavy atom. The average molecular weight is 346 g/mol. The van der Waals surface area contributed by atoms with Crippen molar-refractivity contribution >= 4 is 16.8 Å². The van der Waals surface area contributed by atoms with Gasteiger partial charge in [-0.3, -0.25) is 0 Å². The number of ether oxygens (including phenoxy) is 1. The van der Waals surface area contributed by atoms with E-state index in [1.807, 2.05) is 54.6 Å². The summed E-state index contributed by atoms with van der Waals surface area (Å²) in [5.41, 5.74) is 14.3. The summed E-state index contributed by atoms with van der Waals surface area (Å²) in [5, 5.41) is 10.3. The summed E-state index contributed by atoms with van der Waals surface area (Å²) in [4.78, 5) is 5.44. The maximum atomic E-state index is 9.62. The number of fused-ring (bicyclic) bond motifs is 3. The second-order valence-corrected chi connectivity index (χ2v) is 6.66. The van der Waals surface area contributed by atoms with Crippen molar-refractivity contribution < 1.29 is 4.74 Å². The first kappa shape index (κ1) is 15.4. The molecule has 0 saturated carbocycles. The molecule has 5 nitrogen and oxygen atoms in total. The zero-order chi connectivity index (χ0) is 17.4. The van der Waals surface area contributed by atoms with Crippen molar-refractivity contribution in [2.45, 2.75) is 10.8 Å². The van der Waals surface area contributed by atoms with Crippen LogP contribution in [0.4, 0.5) is 0 Å². The molecule has 122 valence electrons. The van der Waals surface area contributed by atoms with Crippen molar-refractivity contribution in [1.82, 2.24) is 0 Å². The SMILES string of the molecule is N#CC1=C(N)N=C(Sc2ccccc2)C2=C(N)Oc3ccccc3C12. The minimum absolute atomic E-state index is 0.221. The molecule has 0 aliphatic carbocycles. The van der Waals surface area contributed by atoms with Crippen LogP contribution in [0.25, 0.3) is 0 Å². The lowest BCUT2D eigenvalue weighted by molar-refractivity contribution is 0.394. The van der Waals surface area contributed by atoms with Crippen LogP contribution in [-0.2, 0) is 0 Å². The molecule has 0 saturated heterocycles. The highest BCUT2D eigenvalue weighted by molar-refractivity contribution is 8.14. The molecule has 0 spiro atoms. The molecule has 0 amide bonds. The Labute approximate surface area is 149 Å². The van der Waals surface area contributed by atoms with Crippen LogP contribution in [0, 0.1) is 11.3 Å². The number of allylic oxidation sites excluding steroid dienone is 1. The molecule has 1 unspecified atom stereocenters. The van der Waals surface area contributed by atoms with E-state index in [1.54, 1.807) is 0 Å². The van der Waals surface area contributed by atoms with Crippen molar-refractivity contribution in [3.8, 4) is 11.8 Å². The molecule has 2 aromatic rings. The van der Waals surface area contributed by atoms with E-state index in [2.05, 4.69) is 11.1 Å². The van der Waals surface area contributed by atoms with Crippen molar-refractivity contribution in [2.75, 3.05) is 0 Å². The minimum atomic E-state index is -0.362. The number of nitriles is 1. The zero-order valence-corrected chi connectivity index (χ0v) is 14.0. The molecule has 6 heteroatoms. The Balaban J connectivity index is 1.88.